The van der Waals surface area contributed by atoms with Gasteiger partial charge in [0.25, 0.3) is 0 Å². The van der Waals surface area contributed by atoms with Crippen LogP contribution < -0.4 is 5.32 Å². The van der Waals surface area contributed by atoms with Gasteiger partial charge in [-0.25, -0.2) is 0 Å². The van der Waals surface area contributed by atoms with E-state index in [4.69, 9.17) is 4.52 Å². The van der Waals surface area contributed by atoms with Gasteiger partial charge in [-0.1, -0.05) is 29.4 Å². The zero-order chi connectivity index (χ0) is 15.2. The molecule has 1 heterocycles. The van der Waals surface area contributed by atoms with E-state index >= 15 is 0 Å². The highest BCUT2D eigenvalue weighted by molar-refractivity contribution is 5.89. The number of carbonyl (C=O) groups is 1. The predicted molar refractivity (Wildman–Crippen MR) is 82.0 cm³/mol. The quantitative estimate of drug-likeness (QED) is 0.887. The normalized spacial score (nSPS) is 10.9. The number of hydrogen-bond donors (Lipinski definition) is 1. The van der Waals surface area contributed by atoms with E-state index in [2.05, 4.69) is 34.4 Å². The van der Waals surface area contributed by atoms with Gasteiger partial charge in [0.05, 0.1) is 0 Å². The van der Waals surface area contributed by atoms with Gasteiger partial charge in [-0.2, -0.15) is 0 Å². The SMILES string of the molecule is Cc1cc(NC(=O)CCN(C)Cc2ccccc2C)no1. The molecule has 5 nitrogen and oxygen atoms in total. The van der Waals surface area contributed by atoms with E-state index in [1.165, 1.54) is 11.1 Å². The maximum atomic E-state index is 11.8. The topological polar surface area (TPSA) is 58.4 Å². The Labute approximate surface area is 124 Å². The highest BCUT2D eigenvalue weighted by atomic mass is 16.5. The summed E-state index contributed by atoms with van der Waals surface area (Å²) in [5.41, 5.74) is 2.56. The number of aryl methyl sites for hydroxylation is 2. The smallest absolute Gasteiger partial charge is 0.226 e. The molecular formula is C16H21N3O2. The van der Waals surface area contributed by atoms with Crippen molar-refractivity contribution >= 4 is 11.7 Å². The van der Waals surface area contributed by atoms with Crippen LogP contribution in [0.25, 0.3) is 0 Å². The van der Waals surface area contributed by atoms with Crippen molar-refractivity contribution in [1.82, 2.24) is 10.1 Å². The summed E-state index contributed by atoms with van der Waals surface area (Å²) in [5, 5.41) is 6.46. The van der Waals surface area contributed by atoms with E-state index in [0.29, 0.717) is 24.5 Å². The molecule has 1 amide bonds. The van der Waals surface area contributed by atoms with Gasteiger partial charge >= 0.3 is 0 Å². The Kier molecular flexibility index (Phi) is 5.11. The van der Waals surface area contributed by atoms with Crippen LogP contribution in [0.1, 0.15) is 23.3 Å². The molecule has 2 aromatic rings. The van der Waals surface area contributed by atoms with E-state index < -0.39 is 0 Å². The lowest BCUT2D eigenvalue weighted by molar-refractivity contribution is -0.116. The van der Waals surface area contributed by atoms with Crippen LogP contribution in [0.2, 0.25) is 0 Å². The Morgan fingerprint density at radius 3 is 2.76 bits per heavy atom. The highest BCUT2D eigenvalue weighted by Gasteiger charge is 2.08. The highest BCUT2D eigenvalue weighted by Crippen LogP contribution is 2.10. The summed E-state index contributed by atoms with van der Waals surface area (Å²) < 4.78 is 4.91. The van der Waals surface area contributed by atoms with Crippen molar-refractivity contribution in [2.45, 2.75) is 26.8 Å². The maximum absolute atomic E-state index is 11.8. The maximum Gasteiger partial charge on any atom is 0.226 e. The minimum absolute atomic E-state index is 0.0556. The number of nitrogens with zero attached hydrogens (tertiary/aromatic N) is 2. The van der Waals surface area contributed by atoms with Crippen LogP contribution in [0.15, 0.2) is 34.9 Å². The second-order valence-electron chi connectivity index (χ2n) is 5.29. The molecule has 0 aliphatic carbocycles. The van der Waals surface area contributed by atoms with Crippen molar-refractivity contribution < 1.29 is 9.32 Å². The molecule has 0 atom stereocenters. The van der Waals surface area contributed by atoms with Gasteiger partial charge in [-0.05, 0) is 32.0 Å². The van der Waals surface area contributed by atoms with Gasteiger partial charge in [0, 0.05) is 25.6 Å². The van der Waals surface area contributed by atoms with Crippen molar-refractivity contribution in [3.8, 4) is 0 Å². The lowest BCUT2D eigenvalue weighted by Gasteiger charge is -2.17. The predicted octanol–water partition coefficient (Wildman–Crippen LogP) is 2.75. The number of amides is 1. The van der Waals surface area contributed by atoms with Gasteiger partial charge < -0.3 is 14.7 Å². The van der Waals surface area contributed by atoms with Crippen LogP contribution in [0, 0.1) is 13.8 Å². The van der Waals surface area contributed by atoms with Crippen LogP contribution in [0.3, 0.4) is 0 Å². The average Bonchev–Trinajstić information content (AvgIpc) is 2.84. The van der Waals surface area contributed by atoms with E-state index in [1.807, 2.05) is 19.2 Å². The summed E-state index contributed by atoms with van der Waals surface area (Å²) >= 11 is 0. The van der Waals surface area contributed by atoms with Crippen molar-refractivity contribution in [3.63, 3.8) is 0 Å². The molecule has 5 heteroatoms. The van der Waals surface area contributed by atoms with Gasteiger partial charge in [-0.3, -0.25) is 4.79 Å². The number of hydrogen-bond acceptors (Lipinski definition) is 4. The fraction of sp³-hybridized carbons (Fsp3) is 0.375. The summed E-state index contributed by atoms with van der Waals surface area (Å²) in [4.78, 5) is 14.0. The third-order valence-corrected chi connectivity index (χ3v) is 3.32. The molecule has 0 fully saturated rings. The number of benzene rings is 1. The molecule has 21 heavy (non-hydrogen) atoms. The van der Waals surface area contributed by atoms with E-state index in [-0.39, 0.29) is 5.91 Å². The standard InChI is InChI=1S/C16H21N3O2/c1-12-6-4-5-7-14(12)11-19(3)9-8-16(20)17-15-10-13(2)21-18-15/h4-7,10H,8-9,11H2,1-3H3,(H,17,18,20). The van der Waals surface area contributed by atoms with Gasteiger partial charge in [0.1, 0.15) is 5.76 Å². The Morgan fingerprint density at radius 2 is 2.10 bits per heavy atom. The molecule has 1 aromatic carbocycles. The molecule has 0 spiro atoms. The van der Waals surface area contributed by atoms with E-state index in [9.17, 15) is 4.79 Å². The lowest BCUT2D eigenvalue weighted by Crippen LogP contribution is -2.24. The van der Waals surface area contributed by atoms with Crippen LogP contribution >= 0.6 is 0 Å². The molecular weight excluding hydrogens is 266 g/mol. The second-order valence-corrected chi connectivity index (χ2v) is 5.29. The van der Waals surface area contributed by atoms with E-state index in [0.717, 1.165) is 6.54 Å². The molecule has 0 aliphatic heterocycles. The van der Waals surface area contributed by atoms with Gasteiger partial charge in [-0.15, -0.1) is 0 Å². The van der Waals surface area contributed by atoms with Gasteiger partial charge in [0.15, 0.2) is 5.82 Å². The van der Waals surface area contributed by atoms with Crippen LogP contribution in [0.4, 0.5) is 5.82 Å². The molecule has 1 aromatic heterocycles. The zero-order valence-electron chi connectivity index (χ0n) is 12.7. The Balaban J connectivity index is 1.77. The second kappa shape index (κ2) is 7.04. The summed E-state index contributed by atoms with van der Waals surface area (Å²) in [7, 11) is 2.01. The number of aromatic nitrogens is 1. The summed E-state index contributed by atoms with van der Waals surface area (Å²) in [6, 6.07) is 9.99. The molecule has 2 rings (SSSR count). The van der Waals surface area contributed by atoms with E-state index in [1.54, 1.807) is 13.0 Å². The summed E-state index contributed by atoms with van der Waals surface area (Å²) in [6.45, 7) is 5.42. The number of nitrogens with one attached hydrogen (secondary N) is 1. The van der Waals surface area contributed by atoms with Crippen LogP contribution in [0.5, 0.6) is 0 Å². The molecule has 0 saturated carbocycles. The number of anilines is 1. The van der Waals surface area contributed by atoms with Crippen molar-refractivity contribution in [2.24, 2.45) is 0 Å². The molecule has 1 N–H and O–H groups in total. The molecule has 0 saturated heterocycles. The van der Waals surface area contributed by atoms with Crippen molar-refractivity contribution in [2.75, 3.05) is 18.9 Å². The summed E-state index contributed by atoms with van der Waals surface area (Å²) in [5.74, 6) is 1.10. The third kappa shape index (κ3) is 4.72. The first-order chi connectivity index (χ1) is 10.0. The van der Waals surface area contributed by atoms with Crippen LogP contribution in [-0.4, -0.2) is 29.6 Å². The average molecular weight is 287 g/mol. The van der Waals surface area contributed by atoms with Gasteiger partial charge in [0.2, 0.25) is 5.91 Å². The minimum atomic E-state index is -0.0556. The monoisotopic (exact) mass is 287 g/mol. The molecule has 0 bridgehead atoms. The number of carbonyl (C=O) groups excluding carboxylic acids is 1. The fourth-order valence-corrected chi connectivity index (χ4v) is 2.08. The lowest BCUT2D eigenvalue weighted by atomic mass is 10.1. The van der Waals surface area contributed by atoms with Crippen molar-refractivity contribution in [1.29, 1.82) is 0 Å². The molecule has 112 valence electrons. The number of rotatable bonds is 6. The van der Waals surface area contributed by atoms with Crippen LogP contribution in [-0.2, 0) is 11.3 Å². The largest absolute Gasteiger partial charge is 0.360 e. The minimum Gasteiger partial charge on any atom is -0.360 e. The first kappa shape index (κ1) is 15.3. The summed E-state index contributed by atoms with van der Waals surface area (Å²) in [6.07, 6.45) is 0.425. The molecule has 0 unspecified atom stereocenters. The Morgan fingerprint density at radius 1 is 1.33 bits per heavy atom. The Hall–Kier alpha value is -2.14. The first-order valence-electron chi connectivity index (χ1n) is 7.01. The molecule has 0 aliphatic rings. The fourth-order valence-electron chi connectivity index (χ4n) is 2.08. The van der Waals surface area contributed by atoms with Crippen molar-refractivity contribution in [3.05, 3.63) is 47.2 Å². The zero-order valence-corrected chi connectivity index (χ0v) is 12.7. The molecule has 0 radical (unpaired) electrons. The first-order valence-corrected chi connectivity index (χ1v) is 7.01. The third-order valence-electron chi connectivity index (χ3n) is 3.32. The Bertz CT molecular complexity index is 607.